The van der Waals surface area contributed by atoms with Crippen LogP contribution >= 0.6 is 11.3 Å². The van der Waals surface area contributed by atoms with Gasteiger partial charge in [-0.25, -0.2) is 4.98 Å². The van der Waals surface area contributed by atoms with Crippen LogP contribution in [0.1, 0.15) is 64.3 Å². The van der Waals surface area contributed by atoms with E-state index < -0.39 is 5.41 Å². The smallest absolute Gasteiger partial charge is 0.236 e. The van der Waals surface area contributed by atoms with Crippen LogP contribution in [0.5, 0.6) is 0 Å². The summed E-state index contributed by atoms with van der Waals surface area (Å²) >= 11 is 1.51. The molecular formula is C17H26N2O3S. The first-order valence-corrected chi connectivity index (χ1v) is 9.05. The van der Waals surface area contributed by atoms with Crippen LogP contribution in [0, 0.1) is 11.3 Å². The van der Waals surface area contributed by atoms with Gasteiger partial charge in [-0.05, 0) is 26.2 Å². The van der Waals surface area contributed by atoms with Gasteiger partial charge >= 0.3 is 0 Å². The van der Waals surface area contributed by atoms with E-state index in [2.05, 4.69) is 18.8 Å². The number of ether oxygens (including phenoxy) is 1. The van der Waals surface area contributed by atoms with Gasteiger partial charge in [-0.3, -0.25) is 14.5 Å². The molecule has 0 aromatic carbocycles. The molecule has 1 saturated heterocycles. The third kappa shape index (κ3) is 3.98. The zero-order valence-electron chi connectivity index (χ0n) is 14.6. The molecule has 0 N–H and O–H groups in total. The Labute approximate surface area is 142 Å². The molecule has 5 nitrogen and oxygen atoms in total. The van der Waals surface area contributed by atoms with Crippen molar-refractivity contribution < 1.29 is 14.3 Å². The molecule has 2 heterocycles. The molecule has 2 amide bonds. The number of likely N-dealkylation sites (tertiary alicyclic amines) is 1. The van der Waals surface area contributed by atoms with Crippen molar-refractivity contribution in [2.45, 2.75) is 60.1 Å². The number of hydrogen-bond acceptors (Lipinski definition) is 5. The second-order valence-electron chi connectivity index (χ2n) is 6.90. The highest BCUT2D eigenvalue weighted by Gasteiger charge is 2.48. The van der Waals surface area contributed by atoms with E-state index in [1.165, 1.54) is 16.2 Å². The fourth-order valence-electron chi connectivity index (χ4n) is 3.23. The summed E-state index contributed by atoms with van der Waals surface area (Å²) in [5.74, 6) is 0.226. The molecule has 6 heteroatoms. The van der Waals surface area contributed by atoms with Crippen molar-refractivity contribution >= 4 is 23.2 Å². The number of hydrogen-bond donors (Lipinski definition) is 0. The van der Waals surface area contributed by atoms with Crippen molar-refractivity contribution in [1.29, 1.82) is 0 Å². The van der Waals surface area contributed by atoms with Crippen molar-refractivity contribution in [3.63, 3.8) is 0 Å². The average molecular weight is 338 g/mol. The van der Waals surface area contributed by atoms with E-state index in [9.17, 15) is 9.59 Å². The number of carbonyl (C=O) groups is 2. The van der Waals surface area contributed by atoms with Gasteiger partial charge in [0.2, 0.25) is 11.8 Å². The maximum absolute atomic E-state index is 12.7. The fraction of sp³-hybridized carbons (Fsp3) is 0.706. The number of imide groups is 1. The quantitative estimate of drug-likeness (QED) is 0.713. The van der Waals surface area contributed by atoms with Crippen LogP contribution < -0.4 is 0 Å². The molecule has 0 radical (unpaired) electrons. The lowest BCUT2D eigenvalue weighted by Crippen LogP contribution is -2.34. The van der Waals surface area contributed by atoms with Gasteiger partial charge < -0.3 is 4.74 Å². The number of nitrogens with zero attached hydrogens (tertiary/aromatic N) is 2. The largest absolute Gasteiger partial charge is 0.372 e. The molecule has 0 bridgehead atoms. The second-order valence-corrected chi connectivity index (χ2v) is 7.78. The van der Waals surface area contributed by atoms with Gasteiger partial charge in [0.1, 0.15) is 11.1 Å². The topological polar surface area (TPSA) is 59.5 Å². The standard InChI is InChI=1S/C17H26N2O3S/c1-6-22-12(4)15-18-13(10-23-15)9-19-14(20)8-17(5,16(19)21)7-11(2)3/h10-12H,6-9H2,1-5H3/t12-,17+/m0/s1. The molecule has 0 saturated carbocycles. The predicted molar refractivity (Wildman–Crippen MR) is 89.9 cm³/mol. The van der Waals surface area contributed by atoms with E-state index in [-0.39, 0.29) is 24.5 Å². The molecule has 1 aromatic heterocycles. The molecule has 1 aliphatic rings. The first-order valence-electron chi connectivity index (χ1n) is 8.17. The van der Waals surface area contributed by atoms with Crippen LogP contribution in [0.15, 0.2) is 5.38 Å². The van der Waals surface area contributed by atoms with Crippen molar-refractivity contribution in [2.24, 2.45) is 11.3 Å². The summed E-state index contributed by atoms with van der Waals surface area (Å²) in [4.78, 5) is 30.8. The van der Waals surface area contributed by atoms with E-state index in [1.807, 2.05) is 26.2 Å². The first-order chi connectivity index (χ1) is 10.8. The summed E-state index contributed by atoms with van der Waals surface area (Å²) in [6, 6.07) is 0. The molecule has 0 aliphatic carbocycles. The molecule has 0 unspecified atom stereocenters. The number of amides is 2. The highest BCUT2D eigenvalue weighted by molar-refractivity contribution is 7.09. The average Bonchev–Trinajstić information content (AvgIpc) is 2.98. The van der Waals surface area contributed by atoms with Crippen LogP contribution in [-0.4, -0.2) is 28.3 Å². The van der Waals surface area contributed by atoms with Gasteiger partial charge in [0.05, 0.1) is 17.7 Å². The summed E-state index contributed by atoms with van der Waals surface area (Å²) in [5, 5.41) is 2.79. The summed E-state index contributed by atoms with van der Waals surface area (Å²) in [6.07, 6.45) is 0.976. The van der Waals surface area contributed by atoms with E-state index in [0.717, 1.165) is 17.1 Å². The number of rotatable bonds is 7. The van der Waals surface area contributed by atoms with Gasteiger partial charge in [0.25, 0.3) is 0 Å². The number of thiazole rings is 1. The van der Waals surface area contributed by atoms with Crippen LogP contribution in [0.4, 0.5) is 0 Å². The molecule has 1 aliphatic heterocycles. The fourth-order valence-corrected chi connectivity index (χ4v) is 4.04. The van der Waals surface area contributed by atoms with Gasteiger partial charge in [-0.15, -0.1) is 11.3 Å². The van der Waals surface area contributed by atoms with Crippen LogP contribution in [0.3, 0.4) is 0 Å². The lowest BCUT2D eigenvalue weighted by Gasteiger charge is -2.23. The third-order valence-electron chi connectivity index (χ3n) is 4.12. The third-order valence-corrected chi connectivity index (χ3v) is 5.17. The molecule has 0 spiro atoms. The van der Waals surface area contributed by atoms with E-state index in [1.54, 1.807) is 0 Å². The molecule has 128 valence electrons. The molecule has 2 atom stereocenters. The van der Waals surface area contributed by atoms with Gasteiger partial charge in [-0.2, -0.15) is 0 Å². The molecule has 1 fully saturated rings. The zero-order valence-corrected chi connectivity index (χ0v) is 15.4. The lowest BCUT2D eigenvalue weighted by molar-refractivity contribution is -0.142. The van der Waals surface area contributed by atoms with Crippen LogP contribution in [-0.2, 0) is 20.9 Å². The van der Waals surface area contributed by atoms with Crippen LogP contribution in [0.25, 0.3) is 0 Å². The predicted octanol–water partition coefficient (Wildman–Crippen LogP) is 3.55. The summed E-state index contributed by atoms with van der Waals surface area (Å²) < 4.78 is 5.53. The summed E-state index contributed by atoms with van der Waals surface area (Å²) in [7, 11) is 0. The minimum atomic E-state index is -0.567. The minimum Gasteiger partial charge on any atom is -0.372 e. The Bertz CT molecular complexity index is 584. The first kappa shape index (κ1) is 18.1. The van der Waals surface area contributed by atoms with Gasteiger partial charge in [0.15, 0.2) is 0 Å². The monoisotopic (exact) mass is 338 g/mol. The van der Waals surface area contributed by atoms with E-state index in [0.29, 0.717) is 18.9 Å². The Morgan fingerprint density at radius 3 is 2.70 bits per heavy atom. The maximum Gasteiger partial charge on any atom is 0.236 e. The Balaban J connectivity index is 2.08. The Hall–Kier alpha value is -1.27. The highest BCUT2D eigenvalue weighted by Crippen LogP contribution is 2.39. The van der Waals surface area contributed by atoms with Gasteiger partial charge in [0, 0.05) is 18.4 Å². The van der Waals surface area contributed by atoms with Crippen molar-refractivity contribution in [2.75, 3.05) is 6.61 Å². The Morgan fingerprint density at radius 1 is 1.39 bits per heavy atom. The molecular weight excluding hydrogens is 312 g/mol. The normalized spacial score (nSPS) is 23.1. The Kier molecular flexibility index (Phi) is 5.57. The SMILES string of the molecule is CCO[C@@H](C)c1nc(CN2C(=O)C[C@@](C)(CC(C)C)C2=O)cs1. The minimum absolute atomic E-state index is 0.0602. The van der Waals surface area contributed by atoms with Crippen LogP contribution in [0.2, 0.25) is 0 Å². The van der Waals surface area contributed by atoms with Gasteiger partial charge in [-0.1, -0.05) is 20.8 Å². The Morgan fingerprint density at radius 2 is 2.09 bits per heavy atom. The van der Waals surface area contributed by atoms with E-state index in [4.69, 9.17) is 4.74 Å². The zero-order chi connectivity index (χ0) is 17.2. The maximum atomic E-state index is 12.7. The van der Waals surface area contributed by atoms with Crippen molar-refractivity contribution in [1.82, 2.24) is 9.88 Å². The lowest BCUT2D eigenvalue weighted by atomic mass is 9.80. The second kappa shape index (κ2) is 7.09. The molecule has 23 heavy (non-hydrogen) atoms. The number of aromatic nitrogens is 1. The van der Waals surface area contributed by atoms with Crippen molar-refractivity contribution in [3.8, 4) is 0 Å². The molecule has 1 aromatic rings. The molecule has 2 rings (SSSR count). The summed E-state index contributed by atoms with van der Waals surface area (Å²) in [5.41, 5.74) is 0.190. The highest BCUT2D eigenvalue weighted by atomic mass is 32.1. The van der Waals surface area contributed by atoms with Crippen molar-refractivity contribution in [3.05, 3.63) is 16.1 Å². The van der Waals surface area contributed by atoms with E-state index >= 15 is 0 Å². The number of carbonyl (C=O) groups excluding carboxylic acids is 2. The summed E-state index contributed by atoms with van der Waals surface area (Å²) in [6.45, 7) is 10.9.